The van der Waals surface area contributed by atoms with E-state index in [0.29, 0.717) is 38.8 Å². The van der Waals surface area contributed by atoms with Gasteiger partial charge in [-0.25, -0.2) is 0 Å². The molecule has 6 nitrogen and oxygen atoms in total. The van der Waals surface area contributed by atoms with Crippen molar-refractivity contribution in [2.75, 3.05) is 13.1 Å². The Morgan fingerprint density at radius 2 is 1.75 bits per heavy atom. The summed E-state index contributed by atoms with van der Waals surface area (Å²) in [6.07, 6.45) is 4.48. The molecule has 2 atom stereocenters. The molecule has 0 aromatic heterocycles. The third-order valence-electron chi connectivity index (χ3n) is 5.59. The molecule has 136 valence electrons. The van der Waals surface area contributed by atoms with Crippen molar-refractivity contribution < 1.29 is 19.5 Å². The molecule has 2 fully saturated rings. The fraction of sp³-hybridized carbons (Fsp3) is 0.833. The maximum absolute atomic E-state index is 12.6. The zero-order chi connectivity index (χ0) is 17.9. The third kappa shape index (κ3) is 4.08. The molecule has 2 N–H and O–H groups in total. The van der Waals surface area contributed by atoms with Gasteiger partial charge >= 0.3 is 5.97 Å². The van der Waals surface area contributed by atoms with Gasteiger partial charge in [0.05, 0.1) is 11.5 Å². The second kappa shape index (κ2) is 7.53. The molecule has 1 saturated heterocycles. The summed E-state index contributed by atoms with van der Waals surface area (Å²) in [6.45, 7) is 6.84. The molecule has 0 aromatic carbocycles. The fourth-order valence-corrected chi connectivity index (χ4v) is 3.99. The number of amides is 2. The Morgan fingerprint density at radius 3 is 2.29 bits per heavy atom. The first-order valence-corrected chi connectivity index (χ1v) is 9.08. The van der Waals surface area contributed by atoms with Crippen LogP contribution in [0.4, 0.5) is 0 Å². The highest BCUT2D eigenvalue weighted by Gasteiger charge is 2.43. The molecule has 1 heterocycles. The van der Waals surface area contributed by atoms with Crippen LogP contribution in [-0.4, -0.2) is 46.4 Å². The zero-order valence-corrected chi connectivity index (χ0v) is 15.0. The largest absolute Gasteiger partial charge is 0.481 e. The van der Waals surface area contributed by atoms with Crippen molar-refractivity contribution in [3.8, 4) is 0 Å². The monoisotopic (exact) mass is 338 g/mol. The molecule has 1 aliphatic carbocycles. The summed E-state index contributed by atoms with van der Waals surface area (Å²) in [4.78, 5) is 38.0. The average molecular weight is 338 g/mol. The number of aliphatic carboxylic acids is 1. The van der Waals surface area contributed by atoms with Crippen LogP contribution in [-0.2, 0) is 14.4 Å². The number of likely N-dealkylation sites (tertiary alicyclic amines) is 1. The van der Waals surface area contributed by atoms with Crippen LogP contribution in [0.15, 0.2) is 0 Å². The number of hydrogen-bond donors (Lipinski definition) is 2. The summed E-state index contributed by atoms with van der Waals surface area (Å²) in [5.41, 5.74) is -0.661. The molecule has 2 amide bonds. The molecule has 0 spiro atoms. The predicted octanol–water partition coefficient (Wildman–Crippen LogP) is 2.03. The number of carbonyl (C=O) groups excluding carboxylic acids is 2. The third-order valence-corrected chi connectivity index (χ3v) is 5.59. The number of rotatable bonds is 4. The van der Waals surface area contributed by atoms with Crippen molar-refractivity contribution in [3.63, 3.8) is 0 Å². The Bertz CT molecular complexity index is 497. The number of nitrogens with one attached hydrogen (secondary N) is 1. The summed E-state index contributed by atoms with van der Waals surface area (Å²) in [6, 6.07) is 0. The molecule has 0 unspecified atom stereocenters. The van der Waals surface area contributed by atoms with Gasteiger partial charge < -0.3 is 15.3 Å². The van der Waals surface area contributed by atoms with Gasteiger partial charge in [0.1, 0.15) is 0 Å². The van der Waals surface area contributed by atoms with Gasteiger partial charge in [-0.05, 0) is 32.6 Å². The standard InChI is InChI=1S/C18H30N2O4/c1-12(2)16(22)20-10-7-13(8-11-20)15(21)19-18(3)9-5-4-6-14(18)17(23)24/h12-14H,4-11H2,1-3H3,(H,19,21)(H,23,24)/t14-,18+/m0/s1. The van der Waals surface area contributed by atoms with E-state index in [1.807, 2.05) is 25.7 Å². The van der Waals surface area contributed by atoms with Gasteiger partial charge in [-0.2, -0.15) is 0 Å². The number of carboxylic acids is 1. The van der Waals surface area contributed by atoms with E-state index in [4.69, 9.17) is 0 Å². The Labute approximate surface area is 144 Å². The number of piperidine rings is 1. The normalized spacial score (nSPS) is 28.7. The van der Waals surface area contributed by atoms with Crippen LogP contribution in [0.1, 0.15) is 59.3 Å². The maximum Gasteiger partial charge on any atom is 0.308 e. The molecule has 0 bridgehead atoms. The number of nitrogens with zero attached hydrogens (tertiary/aromatic N) is 1. The van der Waals surface area contributed by atoms with Gasteiger partial charge in [0.15, 0.2) is 0 Å². The first-order chi connectivity index (χ1) is 11.2. The molecule has 6 heteroatoms. The second-order valence-corrected chi connectivity index (χ2v) is 7.80. The van der Waals surface area contributed by atoms with E-state index in [1.165, 1.54) is 0 Å². The first-order valence-electron chi connectivity index (χ1n) is 9.08. The molecule has 0 aromatic rings. The number of hydrogen-bond acceptors (Lipinski definition) is 3. The van der Waals surface area contributed by atoms with Crippen LogP contribution in [0, 0.1) is 17.8 Å². The van der Waals surface area contributed by atoms with Gasteiger partial charge in [-0.3, -0.25) is 14.4 Å². The minimum Gasteiger partial charge on any atom is -0.481 e. The van der Waals surface area contributed by atoms with E-state index in [2.05, 4.69) is 5.32 Å². The minimum absolute atomic E-state index is 0.0205. The van der Waals surface area contributed by atoms with E-state index in [0.717, 1.165) is 12.8 Å². The lowest BCUT2D eigenvalue weighted by Gasteiger charge is -2.41. The molecule has 1 aliphatic heterocycles. The van der Waals surface area contributed by atoms with Crippen molar-refractivity contribution >= 4 is 17.8 Å². The molecule has 0 radical (unpaired) electrons. The quantitative estimate of drug-likeness (QED) is 0.821. The van der Waals surface area contributed by atoms with Crippen LogP contribution in [0.5, 0.6) is 0 Å². The Balaban J connectivity index is 1.93. The highest BCUT2D eigenvalue weighted by molar-refractivity contribution is 5.82. The van der Waals surface area contributed by atoms with Gasteiger partial charge in [0.2, 0.25) is 11.8 Å². The Kier molecular flexibility index (Phi) is 5.88. The van der Waals surface area contributed by atoms with Crippen LogP contribution in [0.25, 0.3) is 0 Å². The van der Waals surface area contributed by atoms with Crippen LogP contribution in [0.2, 0.25) is 0 Å². The summed E-state index contributed by atoms with van der Waals surface area (Å²) < 4.78 is 0. The topological polar surface area (TPSA) is 86.7 Å². The fourth-order valence-electron chi connectivity index (χ4n) is 3.99. The van der Waals surface area contributed by atoms with Crippen molar-refractivity contribution in [3.05, 3.63) is 0 Å². The van der Waals surface area contributed by atoms with E-state index >= 15 is 0 Å². The van der Waals surface area contributed by atoms with Gasteiger partial charge in [0, 0.05) is 24.9 Å². The molecule has 24 heavy (non-hydrogen) atoms. The molecule has 1 saturated carbocycles. The van der Waals surface area contributed by atoms with Crippen molar-refractivity contribution in [2.45, 2.75) is 64.8 Å². The lowest BCUT2D eigenvalue weighted by molar-refractivity contribution is -0.147. The predicted molar refractivity (Wildman–Crippen MR) is 90.3 cm³/mol. The molecular weight excluding hydrogens is 308 g/mol. The molecule has 2 aliphatic rings. The molecular formula is C18H30N2O4. The zero-order valence-electron chi connectivity index (χ0n) is 15.0. The van der Waals surface area contributed by atoms with Gasteiger partial charge in [0.25, 0.3) is 0 Å². The average Bonchev–Trinajstić information content (AvgIpc) is 2.53. The Morgan fingerprint density at radius 1 is 1.12 bits per heavy atom. The van der Waals surface area contributed by atoms with Crippen molar-refractivity contribution in [1.29, 1.82) is 0 Å². The highest BCUT2D eigenvalue weighted by atomic mass is 16.4. The van der Waals surface area contributed by atoms with Gasteiger partial charge in [-0.1, -0.05) is 26.7 Å². The lowest BCUT2D eigenvalue weighted by atomic mass is 9.73. The van der Waals surface area contributed by atoms with Gasteiger partial charge in [-0.15, -0.1) is 0 Å². The highest BCUT2D eigenvalue weighted by Crippen LogP contribution is 2.34. The second-order valence-electron chi connectivity index (χ2n) is 7.80. The number of carbonyl (C=O) groups is 3. The van der Waals surface area contributed by atoms with Crippen molar-refractivity contribution in [2.24, 2.45) is 17.8 Å². The van der Waals surface area contributed by atoms with E-state index in [1.54, 1.807) is 0 Å². The first kappa shape index (κ1) is 18.7. The summed E-state index contributed by atoms with van der Waals surface area (Å²) in [7, 11) is 0. The lowest BCUT2D eigenvalue weighted by Crippen LogP contribution is -2.57. The van der Waals surface area contributed by atoms with E-state index in [9.17, 15) is 19.5 Å². The van der Waals surface area contributed by atoms with Crippen LogP contribution < -0.4 is 5.32 Å². The minimum atomic E-state index is -0.824. The van der Waals surface area contributed by atoms with Crippen LogP contribution >= 0.6 is 0 Å². The summed E-state index contributed by atoms with van der Waals surface area (Å²) in [5, 5.41) is 12.5. The maximum atomic E-state index is 12.6. The smallest absolute Gasteiger partial charge is 0.308 e. The van der Waals surface area contributed by atoms with Crippen molar-refractivity contribution in [1.82, 2.24) is 10.2 Å². The summed E-state index contributed by atoms with van der Waals surface area (Å²) in [5.74, 6) is -1.41. The van der Waals surface area contributed by atoms with E-state index in [-0.39, 0.29) is 23.7 Å². The van der Waals surface area contributed by atoms with Crippen LogP contribution in [0.3, 0.4) is 0 Å². The number of carboxylic acid groups (broad SMARTS) is 1. The summed E-state index contributed by atoms with van der Waals surface area (Å²) >= 11 is 0. The Hall–Kier alpha value is -1.59. The SMILES string of the molecule is CC(C)C(=O)N1CCC(C(=O)N[C@]2(C)CCCC[C@H]2C(=O)O)CC1. The molecule has 2 rings (SSSR count). The van der Waals surface area contributed by atoms with E-state index < -0.39 is 17.4 Å².